The summed E-state index contributed by atoms with van der Waals surface area (Å²) in [6, 6.07) is 4.66. The van der Waals surface area contributed by atoms with Gasteiger partial charge in [-0.2, -0.15) is 5.26 Å². The maximum absolute atomic E-state index is 13.1. The molecule has 1 aromatic carbocycles. The first-order valence-corrected chi connectivity index (χ1v) is 4.11. The summed E-state index contributed by atoms with van der Waals surface area (Å²) in [6.07, 6.45) is -0.0293. The van der Waals surface area contributed by atoms with Crippen molar-refractivity contribution in [2.24, 2.45) is 5.73 Å². The van der Waals surface area contributed by atoms with Gasteiger partial charge in [-0.15, -0.1) is 0 Å². The summed E-state index contributed by atoms with van der Waals surface area (Å²) in [5.41, 5.74) is 6.27. The molecule has 0 bridgehead atoms. The van der Waals surface area contributed by atoms with Crippen LogP contribution in [0.1, 0.15) is 11.1 Å². The fourth-order valence-corrected chi connectivity index (χ4v) is 1.34. The van der Waals surface area contributed by atoms with Gasteiger partial charge in [0.2, 0.25) is 0 Å². The fraction of sp³-hybridized carbons (Fsp3) is 0.222. The minimum absolute atomic E-state index is 0.0293. The van der Waals surface area contributed by atoms with E-state index in [9.17, 15) is 4.39 Å². The Morgan fingerprint density at radius 3 is 2.77 bits per heavy atom. The Balaban J connectivity index is 3.23. The van der Waals surface area contributed by atoms with Crippen molar-refractivity contribution in [3.63, 3.8) is 0 Å². The molecule has 0 saturated carbocycles. The maximum Gasteiger partial charge on any atom is 0.128 e. The van der Waals surface area contributed by atoms with E-state index >= 15 is 0 Å². The van der Waals surface area contributed by atoms with Crippen molar-refractivity contribution in [1.82, 2.24) is 0 Å². The minimum atomic E-state index is -0.455. The van der Waals surface area contributed by atoms with Crippen LogP contribution in [0.3, 0.4) is 0 Å². The van der Waals surface area contributed by atoms with Crippen molar-refractivity contribution in [3.8, 4) is 6.07 Å². The Morgan fingerprint density at radius 1 is 1.54 bits per heavy atom. The molecule has 0 saturated heterocycles. The molecule has 1 aromatic rings. The predicted molar refractivity (Wildman–Crippen MR) is 48.6 cm³/mol. The molecule has 0 aliphatic rings. The normalized spacial score (nSPS) is 9.69. The second-order valence-corrected chi connectivity index (χ2v) is 2.92. The lowest BCUT2D eigenvalue weighted by molar-refractivity contribution is 0.614. The van der Waals surface area contributed by atoms with Crippen LogP contribution in [0.5, 0.6) is 0 Å². The van der Waals surface area contributed by atoms with E-state index < -0.39 is 5.82 Å². The third-order valence-corrected chi connectivity index (χ3v) is 2.21. The summed E-state index contributed by atoms with van der Waals surface area (Å²) >= 11 is 5.82. The number of halogens is 2. The lowest BCUT2D eigenvalue weighted by Crippen LogP contribution is -2.01. The van der Waals surface area contributed by atoms with Crippen LogP contribution in [0.2, 0.25) is 5.02 Å². The first kappa shape index (κ1) is 9.97. The summed E-state index contributed by atoms with van der Waals surface area (Å²) in [5, 5.41) is 8.69. The quantitative estimate of drug-likeness (QED) is 0.790. The molecule has 4 heteroatoms. The van der Waals surface area contributed by atoms with E-state index in [1.54, 1.807) is 0 Å². The van der Waals surface area contributed by atoms with Gasteiger partial charge in [-0.25, -0.2) is 4.39 Å². The zero-order valence-corrected chi connectivity index (χ0v) is 7.61. The molecule has 0 fully saturated rings. The van der Waals surface area contributed by atoms with Gasteiger partial charge in [0, 0.05) is 12.1 Å². The van der Waals surface area contributed by atoms with Crippen LogP contribution in [-0.4, -0.2) is 0 Å². The summed E-state index contributed by atoms with van der Waals surface area (Å²) < 4.78 is 13.1. The number of nitrogens with zero attached hydrogens (tertiary/aromatic N) is 1. The molecule has 0 atom stereocenters. The maximum atomic E-state index is 13.1. The number of rotatable bonds is 2. The van der Waals surface area contributed by atoms with Gasteiger partial charge < -0.3 is 5.73 Å². The van der Waals surface area contributed by atoms with Crippen molar-refractivity contribution in [1.29, 1.82) is 5.26 Å². The molecular formula is C9H8ClFN2. The van der Waals surface area contributed by atoms with Gasteiger partial charge in [-0.05, 0) is 11.6 Å². The minimum Gasteiger partial charge on any atom is -0.326 e. The lowest BCUT2D eigenvalue weighted by Gasteiger charge is -2.05. The van der Waals surface area contributed by atoms with E-state index in [0.29, 0.717) is 5.56 Å². The molecule has 2 N–H and O–H groups in total. The van der Waals surface area contributed by atoms with Gasteiger partial charge in [0.15, 0.2) is 0 Å². The van der Waals surface area contributed by atoms with Gasteiger partial charge in [0.05, 0.1) is 17.5 Å². The molecule has 0 unspecified atom stereocenters. The van der Waals surface area contributed by atoms with E-state index in [4.69, 9.17) is 22.6 Å². The Morgan fingerprint density at radius 2 is 2.23 bits per heavy atom. The zero-order valence-electron chi connectivity index (χ0n) is 6.85. The van der Waals surface area contributed by atoms with E-state index in [-0.39, 0.29) is 23.6 Å². The van der Waals surface area contributed by atoms with Crippen molar-refractivity contribution in [3.05, 3.63) is 34.1 Å². The molecule has 2 nitrogen and oxygen atoms in total. The lowest BCUT2D eigenvalue weighted by atomic mass is 10.1. The monoisotopic (exact) mass is 198 g/mol. The van der Waals surface area contributed by atoms with E-state index in [1.165, 1.54) is 12.1 Å². The average molecular weight is 199 g/mol. The number of nitrogens with two attached hydrogens (primary N) is 1. The second-order valence-electron chi connectivity index (χ2n) is 2.54. The van der Waals surface area contributed by atoms with E-state index in [0.717, 1.165) is 0 Å². The Bertz CT molecular complexity index is 357. The van der Waals surface area contributed by atoms with Crippen molar-refractivity contribution in [2.75, 3.05) is 0 Å². The van der Waals surface area contributed by atoms with Gasteiger partial charge in [-0.3, -0.25) is 0 Å². The molecule has 68 valence electrons. The first-order valence-electron chi connectivity index (χ1n) is 3.73. The number of nitriles is 1. The molecule has 0 amide bonds. The highest BCUT2D eigenvalue weighted by molar-refractivity contribution is 6.32. The molecule has 0 aliphatic carbocycles. The summed E-state index contributed by atoms with van der Waals surface area (Å²) in [6.45, 7) is 0.248. The zero-order chi connectivity index (χ0) is 9.84. The van der Waals surface area contributed by atoms with Crippen LogP contribution < -0.4 is 5.73 Å². The topological polar surface area (TPSA) is 49.8 Å². The van der Waals surface area contributed by atoms with Crippen molar-refractivity contribution < 1.29 is 4.39 Å². The van der Waals surface area contributed by atoms with E-state index in [1.807, 2.05) is 6.07 Å². The van der Waals surface area contributed by atoms with Crippen LogP contribution in [0.4, 0.5) is 4.39 Å². The summed E-state index contributed by atoms with van der Waals surface area (Å²) in [4.78, 5) is 0. The largest absolute Gasteiger partial charge is 0.326 e. The third kappa shape index (κ3) is 1.97. The number of benzene rings is 1. The highest BCUT2D eigenvalue weighted by Gasteiger charge is 2.10. The Hall–Kier alpha value is -1.11. The molecule has 0 aromatic heterocycles. The summed E-state index contributed by atoms with van der Waals surface area (Å²) in [7, 11) is 0. The molecule has 0 spiro atoms. The summed E-state index contributed by atoms with van der Waals surface area (Å²) in [5.74, 6) is -0.455. The first-order chi connectivity index (χ1) is 6.20. The van der Waals surface area contributed by atoms with Gasteiger partial charge >= 0.3 is 0 Å². The molecule has 0 radical (unpaired) electrons. The fourth-order valence-electron chi connectivity index (χ4n) is 1.04. The SMILES string of the molecule is N#CCc1c(F)ccc(CN)c1Cl. The molecule has 13 heavy (non-hydrogen) atoms. The number of hydrogen-bond donors (Lipinski definition) is 1. The van der Waals surface area contributed by atoms with Crippen LogP contribution in [0.15, 0.2) is 12.1 Å². The van der Waals surface area contributed by atoms with Crippen LogP contribution >= 0.6 is 11.6 Å². The van der Waals surface area contributed by atoms with E-state index in [2.05, 4.69) is 0 Å². The van der Waals surface area contributed by atoms with Crippen LogP contribution in [-0.2, 0) is 13.0 Å². The van der Waals surface area contributed by atoms with Crippen LogP contribution in [0, 0.1) is 17.1 Å². The average Bonchev–Trinajstić information content (AvgIpc) is 2.12. The predicted octanol–water partition coefficient (Wildman–Crippen LogP) is 2.00. The molecular weight excluding hydrogens is 191 g/mol. The Labute approximate surface area is 80.7 Å². The molecule has 0 aliphatic heterocycles. The highest BCUT2D eigenvalue weighted by atomic mass is 35.5. The standard InChI is InChI=1S/C9H8ClFN2/c10-9-6(5-13)1-2-8(11)7(9)3-4-12/h1-2H,3,5,13H2. The van der Waals surface area contributed by atoms with Crippen molar-refractivity contribution in [2.45, 2.75) is 13.0 Å². The highest BCUT2D eigenvalue weighted by Crippen LogP contribution is 2.23. The van der Waals surface area contributed by atoms with Crippen molar-refractivity contribution >= 4 is 11.6 Å². The smallest absolute Gasteiger partial charge is 0.128 e. The third-order valence-electron chi connectivity index (χ3n) is 1.74. The second kappa shape index (κ2) is 4.22. The van der Waals surface area contributed by atoms with Gasteiger partial charge in [0.1, 0.15) is 5.82 Å². The molecule has 1 rings (SSSR count). The van der Waals surface area contributed by atoms with Crippen LogP contribution in [0.25, 0.3) is 0 Å². The number of hydrogen-bond acceptors (Lipinski definition) is 2. The Kier molecular flexibility index (Phi) is 3.24. The molecule has 0 heterocycles. The van der Waals surface area contributed by atoms with Gasteiger partial charge in [0.25, 0.3) is 0 Å². The van der Waals surface area contributed by atoms with Gasteiger partial charge in [-0.1, -0.05) is 17.7 Å².